The molecule has 2 aromatic carbocycles. The van der Waals surface area contributed by atoms with Crippen LogP contribution in [0.4, 0.5) is 5.69 Å². The van der Waals surface area contributed by atoms with E-state index in [1.165, 1.54) is 23.1 Å². The average molecular weight is 393 g/mol. The third kappa shape index (κ3) is 4.59. The molecule has 0 N–H and O–H groups in total. The maximum absolute atomic E-state index is 12.3. The summed E-state index contributed by atoms with van der Waals surface area (Å²) in [5.74, 6) is 1.24. The number of carbonyl (C=O) groups excluding carboxylic acids is 1. The fraction of sp³-hybridized carbons (Fsp3) is 0.278. The van der Waals surface area contributed by atoms with Crippen LogP contribution < -0.4 is 14.2 Å². The van der Waals surface area contributed by atoms with Gasteiger partial charge in [0.2, 0.25) is 0 Å². The second-order valence-corrected chi connectivity index (χ2v) is 6.34. The van der Waals surface area contributed by atoms with Gasteiger partial charge >= 0.3 is 0 Å². The molecule has 0 saturated carbocycles. The van der Waals surface area contributed by atoms with Crippen LogP contribution in [0.5, 0.6) is 17.2 Å². The lowest BCUT2D eigenvalue weighted by molar-refractivity contribution is -0.384. The number of hydrogen-bond acceptors (Lipinski definition) is 6. The van der Waals surface area contributed by atoms with E-state index in [0.717, 1.165) is 0 Å². The minimum absolute atomic E-state index is 0.0697. The first-order valence-electron chi connectivity index (χ1n) is 8.13. The van der Waals surface area contributed by atoms with Crippen LogP contribution in [0.3, 0.4) is 0 Å². The molecular weight excluding hydrogens is 376 g/mol. The Bertz CT molecular complexity index is 859. The third-order valence-corrected chi connectivity index (χ3v) is 4.24. The number of halogens is 1. The first-order valence-corrected chi connectivity index (χ1v) is 8.51. The van der Waals surface area contributed by atoms with E-state index < -0.39 is 4.92 Å². The highest BCUT2D eigenvalue weighted by atomic mass is 35.5. The van der Waals surface area contributed by atoms with E-state index in [1.807, 2.05) is 24.3 Å². The summed E-state index contributed by atoms with van der Waals surface area (Å²) in [7, 11) is 1.63. The summed E-state index contributed by atoms with van der Waals surface area (Å²) in [5, 5.41) is 10.8. The quantitative estimate of drug-likeness (QED) is 0.554. The Kier molecular flexibility index (Phi) is 5.66. The number of rotatable bonds is 6. The van der Waals surface area contributed by atoms with Crippen molar-refractivity contribution in [3.8, 4) is 17.2 Å². The van der Waals surface area contributed by atoms with Gasteiger partial charge in [-0.3, -0.25) is 14.9 Å². The van der Waals surface area contributed by atoms with Gasteiger partial charge in [-0.05, 0) is 18.2 Å². The molecule has 8 nitrogen and oxygen atoms in total. The van der Waals surface area contributed by atoms with Crippen LogP contribution in [-0.2, 0) is 4.79 Å². The Morgan fingerprint density at radius 2 is 2.07 bits per heavy atom. The second kappa shape index (κ2) is 8.13. The topological polar surface area (TPSA) is 91.1 Å². The molecule has 0 radical (unpaired) electrons. The van der Waals surface area contributed by atoms with Gasteiger partial charge in [-0.25, -0.2) is 0 Å². The predicted octanol–water partition coefficient (Wildman–Crippen LogP) is 2.93. The molecule has 0 saturated heterocycles. The van der Waals surface area contributed by atoms with Crippen LogP contribution >= 0.6 is 11.6 Å². The normalized spacial score (nSPS) is 15.1. The number of non-ortho nitro benzene ring substituents is 1. The average Bonchev–Trinajstić information content (AvgIpc) is 2.66. The van der Waals surface area contributed by atoms with Gasteiger partial charge in [0.05, 0.1) is 16.5 Å². The van der Waals surface area contributed by atoms with E-state index in [4.69, 9.17) is 25.8 Å². The highest BCUT2D eigenvalue weighted by Crippen LogP contribution is 2.31. The van der Waals surface area contributed by atoms with Crippen molar-refractivity contribution >= 4 is 23.2 Å². The molecule has 0 bridgehead atoms. The van der Waals surface area contributed by atoms with Crippen molar-refractivity contribution in [2.75, 3.05) is 26.8 Å². The Morgan fingerprint density at radius 1 is 1.33 bits per heavy atom. The number of nitro groups is 1. The molecular formula is C18H17ClN2O6. The molecule has 0 fully saturated rings. The van der Waals surface area contributed by atoms with Crippen LogP contribution in [0.25, 0.3) is 0 Å². The number of para-hydroxylation sites is 2. The zero-order chi connectivity index (χ0) is 19.4. The molecule has 0 spiro atoms. The molecule has 0 aromatic heterocycles. The second-order valence-electron chi connectivity index (χ2n) is 5.93. The summed E-state index contributed by atoms with van der Waals surface area (Å²) >= 11 is 5.95. The molecule has 1 amide bonds. The van der Waals surface area contributed by atoms with Crippen molar-refractivity contribution in [2.24, 2.45) is 0 Å². The molecule has 1 heterocycles. The molecule has 1 atom stereocenters. The number of likely N-dealkylation sites (N-methyl/N-ethyl adjacent to an activating group) is 1. The van der Waals surface area contributed by atoms with Crippen molar-refractivity contribution < 1.29 is 23.9 Å². The molecule has 3 rings (SSSR count). The van der Waals surface area contributed by atoms with Gasteiger partial charge in [-0.2, -0.15) is 0 Å². The number of ether oxygens (including phenoxy) is 3. The standard InChI is InChI=1S/C18H17ClN2O6/c1-20(9-13-10-25-16-4-2-3-5-17(16)27-13)18(22)11-26-15-7-6-12(21(23)24)8-14(15)19/h2-8,13H,9-11H2,1H3/t13-/m1/s1. The van der Waals surface area contributed by atoms with Gasteiger partial charge in [0, 0.05) is 19.2 Å². The van der Waals surface area contributed by atoms with Gasteiger partial charge in [0.25, 0.3) is 11.6 Å². The van der Waals surface area contributed by atoms with Crippen molar-refractivity contribution in [3.05, 3.63) is 57.6 Å². The molecule has 1 aliphatic rings. The van der Waals surface area contributed by atoms with Crippen molar-refractivity contribution in [1.82, 2.24) is 4.90 Å². The van der Waals surface area contributed by atoms with Gasteiger partial charge in [0.1, 0.15) is 12.4 Å². The molecule has 142 valence electrons. The maximum Gasteiger partial charge on any atom is 0.271 e. The number of carbonyl (C=O) groups is 1. The van der Waals surface area contributed by atoms with Crippen molar-refractivity contribution in [1.29, 1.82) is 0 Å². The Morgan fingerprint density at radius 3 is 2.78 bits per heavy atom. The number of nitro benzene ring substituents is 1. The summed E-state index contributed by atoms with van der Waals surface area (Å²) in [5.41, 5.74) is -0.148. The van der Waals surface area contributed by atoms with Gasteiger partial charge in [-0.1, -0.05) is 23.7 Å². The molecule has 9 heteroatoms. The highest BCUT2D eigenvalue weighted by molar-refractivity contribution is 6.32. The zero-order valence-corrected chi connectivity index (χ0v) is 15.2. The van der Waals surface area contributed by atoms with Crippen LogP contribution in [0.1, 0.15) is 0 Å². The molecule has 0 unspecified atom stereocenters. The minimum Gasteiger partial charge on any atom is -0.486 e. The van der Waals surface area contributed by atoms with E-state index in [-0.39, 0.29) is 35.1 Å². The molecule has 0 aliphatic carbocycles. The smallest absolute Gasteiger partial charge is 0.271 e. The Balaban J connectivity index is 1.52. The number of hydrogen-bond donors (Lipinski definition) is 0. The SMILES string of the molecule is CN(C[C@@H]1COc2ccccc2O1)C(=O)COc1ccc([N+](=O)[O-])cc1Cl. The minimum atomic E-state index is -0.557. The third-order valence-electron chi connectivity index (χ3n) is 3.95. The molecule has 1 aliphatic heterocycles. The van der Waals surface area contributed by atoms with Gasteiger partial charge < -0.3 is 19.1 Å². The summed E-state index contributed by atoms with van der Waals surface area (Å²) in [6.45, 7) is 0.409. The van der Waals surface area contributed by atoms with Crippen molar-refractivity contribution in [3.63, 3.8) is 0 Å². The number of nitrogens with zero attached hydrogens (tertiary/aromatic N) is 2. The predicted molar refractivity (Wildman–Crippen MR) is 97.6 cm³/mol. The lowest BCUT2D eigenvalue weighted by Gasteiger charge is -2.29. The number of benzene rings is 2. The lowest BCUT2D eigenvalue weighted by Crippen LogP contribution is -2.43. The Hall–Kier alpha value is -3.00. The van der Waals surface area contributed by atoms with Crippen LogP contribution in [0.15, 0.2) is 42.5 Å². The fourth-order valence-electron chi connectivity index (χ4n) is 2.53. The first kappa shape index (κ1) is 18.8. The van der Waals surface area contributed by atoms with Crippen molar-refractivity contribution in [2.45, 2.75) is 6.10 Å². The molecule has 2 aromatic rings. The summed E-state index contributed by atoms with van der Waals surface area (Å²) < 4.78 is 16.8. The molecule has 27 heavy (non-hydrogen) atoms. The van der Waals surface area contributed by atoms with Gasteiger partial charge in [-0.15, -0.1) is 0 Å². The zero-order valence-electron chi connectivity index (χ0n) is 14.5. The largest absolute Gasteiger partial charge is 0.486 e. The van der Waals surface area contributed by atoms with Crippen LogP contribution in [0, 0.1) is 10.1 Å². The van der Waals surface area contributed by atoms with E-state index >= 15 is 0 Å². The van der Waals surface area contributed by atoms with Crippen LogP contribution in [0.2, 0.25) is 5.02 Å². The van der Waals surface area contributed by atoms with E-state index in [9.17, 15) is 14.9 Å². The fourth-order valence-corrected chi connectivity index (χ4v) is 2.76. The maximum atomic E-state index is 12.3. The van der Waals surface area contributed by atoms with E-state index in [0.29, 0.717) is 24.7 Å². The summed E-state index contributed by atoms with van der Waals surface area (Å²) in [6.07, 6.45) is -0.295. The van der Waals surface area contributed by atoms with E-state index in [2.05, 4.69) is 0 Å². The van der Waals surface area contributed by atoms with Crippen LogP contribution in [-0.4, -0.2) is 48.6 Å². The monoisotopic (exact) mass is 392 g/mol. The number of amides is 1. The lowest BCUT2D eigenvalue weighted by atomic mass is 10.2. The highest BCUT2D eigenvalue weighted by Gasteiger charge is 2.24. The first-order chi connectivity index (χ1) is 12.9. The summed E-state index contributed by atoms with van der Waals surface area (Å²) in [4.78, 5) is 23.9. The summed E-state index contributed by atoms with van der Waals surface area (Å²) in [6, 6.07) is 11.1. The Labute approximate surface area is 160 Å². The number of fused-ring (bicyclic) bond motifs is 1. The van der Waals surface area contributed by atoms with E-state index in [1.54, 1.807) is 7.05 Å². The van der Waals surface area contributed by atoms with Gasteiger partial charge in [0.15, 0.2) is 24.2 Å².